The van der Waals surface area contributed by atoms with Crippen molar-refractivity contribution in [2.75, 3.05) is 26.2 Å². The lowest BCUT2D eigenvalue weighted by atomic mass is 9.91. The second-order valence-corrected chi connectivity index (χ2v) is 10.2. The normalized spacial score (nSPS) is 40.9. The minimum absolute atomic E-state index is 0.132. The Morgan fingerprint density at radius 3 is 2.97 bits per heavy atom. The number of amides is 3. The third-order valence-electron chi connectivity index (χ3n) is 6.25. The number of urea groups is 1. The highest BCUT2D eigenvalue weighted by atomic mass is 32.2. The topological polar surface area (TPSA) is 153 Å². The molecule has 12 heteroatoms. The Balaban J connectivity index is 1.41. The van der Waals surface area contributed by atoms with Gasteiger partial charge in [-0.25, -0.2) is 17.5 Å². The molecule has 4 fully saturated rings. The van der Waals surface area contributed by atoms with Crippen LogP contribution in [0.5, 0.6) is 0 Å². The highest BCUT2D eigenvalue weighted by Crippen LogP contribution is 2.27. The summed E-state index contributed by atoms with van der Waals surface area (Å²) in [5, 5.41) is 20.1. The summed E-state index contributed by atoms with van der Waals surface area (Å²) >= 11 is 0. The average molecular weight is 426 g/mol. The van der Waals surface area contributed by atoms with Gasteiger partial charge in [0.15, 0.2) is 0 Å². The van der Waals surface area contributed by atoms with E-state index in [0.29, 0.717) is 30.2 Å². The highest BCUT2D eigenvalue weighted by molar-refractivity contribution is 7.90. The van der Waals surface area contributed by atoms with Crippen molar-refractivity contribution < 1.29 is 22.7 Å². The maximum Gasteiger partial charge on any atom is 0.331 e. The minimum Gasteiger partial charge on any atom is -0.374 e. The van der Waals surface area contributed by atoms with Crippen LogP contribution < -0.4 is 21.3 Å². The van der Waals surface area contributed by atoms with E-state index in [0.717, 1.165) is 0 Å². The molecule has 160 valence electrons. The van der Waals surface area contributed by atoms with Crippen LogP contribution in [0, 0.1) is 17.2 Å². The van der Waals surface area contributed by atoms with Crippen LogP contribution in [0.4, 0.5) is 4.79 Å². The fraction of sp³-hybridized carbons (Fsp3) is 0.824. The Labute approximate surface area is 169 Å². The molecule has 6 unspecified atom stereocenters. The average Bonchev–Trinajstić information content (AvgIpc) is 3.06. The van der Waals surface area contributed by atoms with Crippen molar-refractivity contribution in [1.29, 1.82) is 5.26 Å². The molecule has 0 saturated carbocycles. The fourth-order valence-electron chi connectivity index (χ4n) is 4.81. The molecule has 4 heterocycles. The Kier molecular flexibility index (Phi) is 5.41. The summed E-state index contributed by atoms with van der Waals surface area (Å²) in [7, 11) is -3.97. The van der Waals surface area contributed by atoms with E-state index in [1.807, 2.05) is 0 Å². The summed E-state index contributed by atoms with van der Waals surface area (Å²) in [4.78, 5) is 25.0. The first-order valence-corrected chi connectivity index (χ1v) is 11.4. The van der Waals surface area contributed by atoms with Gasteiger partial charge in [0.2, 0.25) is 15.9 Å². The first-order valence-electron chi connectivity index (χ1n) is 9.90. The second kappa shape index (κ2) is 7.71. The molecule has 4 rings (SSSR count). The molecule has 4 aliphatic heterocycles. The molecule has 0 aromatic rings. The number of hydrogen-bond acceptors (Lipinski definition) is 8. The Hall–Kier alpha value is -1.94. The van der Waals surface area contributed by atoms with Crippen molar-refractivity contribution in [3.8, 4) is 6.07 Å². The van der Waals surface area contributed by atoms with E-state index in [-0.39, 0.29) is 36.8 Å². The monoisotopic (exact) mass is 426 g/mol. The predicted octanol–water partition coefficient (Wildman–Crippen LogP) is -2.15. The third kappa shape index (κ3) is 3.68. The molecule has 4 N–H and O–H groups in total. The SMILES string of the molecule is CC1NCCC2NC(=O)N(CC(=O)N[C@H]3COC4CC(C#N)CNC43)S(=O)(=O)C12. The molecular formula is C17H26N6O5S. The Morgan fingerprint density at radius 2 is 2.21 bits per heavy atom. The van der Waals surface area contributed by atoms with Gasteiger partial charge in [-0.3, -0.25) is 4.79 Å². The van der Waals surface area contributed by atoms with E-state index >= 15 is 0 Å². The molecule has 0 aromatic carbocycles. The van der Waals surface area contributed by atoms with Crippen LogP contribution in [0.3, 0.4) is 0 Å². The zero-order valence-corrected chi connectivity index (χ0v) is 16.9. The van der Waals surface area contributed by atoms with Crippen molar-refractivity contribution in [2.45, 2.75) is 55.3 Å². The minimum atomic E-state index is -3.97. The summed E-state index contributed by atoms with van der Waals surface area (Å²) in [5.74, 6) is -0.691. The molecule has 3 amide bonds. The van der Waals surface area contributed by atoms with Crippen LogP contribution in [0.25, 0.3) is 0 Å². The summed E-state index contributed by atoms with van der Waals surface area (Å²) in [6, 6.07) is 0.197. The van der Waals surface area contributed by atoms with Crippen molar-refractivity contribution in [3.05, 3.63) is 0 Å². The number of carbonyl (C=O) groups is 2. The standard InChI is InChI=1S/C17H26N6O5S/c1-9-16-11(2-3-19-9)22-17(25)23(29(16,26)27)7-14(24)21-12-8-28-13-4-10(5-18)6-20-15(12)13/h9-13,15-16,19-20H,2-4,6-8H2,1H3,(H,21,24)(H,22,25)/t9?,10?,11?,12-,13?,15?,16?/m0/s1. The molecule has 4 saturated heterocycles. The molecule has 0 aliphatic carbocycles. The molecule has 29 heavy (non-hydrogen) atoms. The van der Waals surface area contributed by atoms with Gasteiger partial charge in [-0.15, -0.1) is 0 Å². The fourth-order valence-corrected chi connectivity index (χ4v) is 6.91. The van der Waals surface area contributed by atoms with Crippen molar-refractivity contribution >= 4 is 22.0 Å². The zero-order chi connectivity index (χ0) is 20.8. The highest BCUT2D eigenvalue weighted by Gasteiger charge is 2.50. The van der Waals surface area contributed by atoms with Gasteiger partial charge >= 0.3 is 6.03 Å². The smallest absolute Gasteiger partial charge is 0.331 e. The number of nitrogens with one attached hydrogen (secondary N) is 4. The number of piperidine rings is 2. The van der Waals surface area contributed by atoms with Gasteiger partial charge in [0.05, 0.1) is 42.8 Å². The van der Waals surface area contributed by atoms with Gasteiger partial charge in [0.25, 0.3) is 0 Å². The third-order valence-corrected chi connectivity index (χ3v) is 8.59. The van der Waals surface area contributed by atoms with E-state index in [9.17, 15) is 18.0 Å². The van der Waals surface area contributed by atoms with Crippen LogP contribution in [0.2, 0.25) is 0 Å². The number of sulfonamides is 1. The number of hydrogen-bond donors (Lipinski definition) is 4. The molecular weight excluding hydrogens is 400 g/mol. The molecule has 7 atom stereocenters. The first-order chi connectivity index (χ1) is 13.8. The number of carbonyl (C=O) groups excluding carboxylic acids is 2. The zero-order valence-electron chi connectivity index (χ0n) is 16.1. The number of nitrogens with zero attached hydrogens (tertiary/aromatic N) is 2. The Bertz CT molecular complexity index is 829. The van der Waals surface area contributed by atoms with E-state index < -0.39 is 39.8 Å². The summed E-state index contributed by atoms with van der Waals surface area (Å²) in [6.07, 6.45) is 0.950. The number of ether oxygens (including phenoxy) is 1. The quantitative estimate of drug-likeness (QED) is 0.398. The molecule has 0 spiro atoms. The number of rotatable bonds is 3. The molecule has 0 bridgehead atoms. The van der Waals surface area contributed by atoms with Crippen molar-refractivity contribution in [1.82, 2.24) is 25.6 Å². The van der Waals surface area contributed by atoms with E-state index in [2.05, 4.69) is 27.3 Å². The van der Waals surface area contributed by atoms with Gasteiger partial charge in [0.1, 0.15) is 11.8 Å². The number of fused-ring (bicyclic) bond motifs is 2. The largest absolute Gasteiger partial charge is 0.374 e. The van der Waals surface area contributed by atoms with Crippen LogP contribution >= 0.6 is 0 Å². The molecule has 0 radical (unpaired) electrons. The van der Waals surface area contributed by atoms with Gasteiger partial charge in [-0.2, -0.15) is 5.26 Å². The summed E-state index contributed by atoms with van der Waals surface area (Å²) < 4.78 is 32.4. The van der Waals surface area contributed by atoms with E-state index in [1.54, 1.807) is 6.92 Å². The second-order valence-electron chi connectivity index (χ2n) is 8.15. The van der Waals surface area contributed by atoms with Crippen LogP contribution in [0.1, 0.15) is 19.8 Å². The van der Waals surface area contributed by atoms with E-state index in [4.69, 9.17) is 10.00 Å². The van der Waals surface area contributed by atoms with Gasteiger partial charge in [0, 0.05) is 12.6 Å². The molecule has 4 aliphatic rings. The molecule has 0 aromatic heterocycles. The lowest BCUT2D eigenvalue weighted by molar-refractivity contribution is -0.121. The maximum absolute atomic E-state index is 13.0. The van der Waals surface area contributed by atoms with Crippen LogP contribution in [-0.2, 0) is 19.6 Å². The lowest BCUT2D eigenvalue weighted by Crippen LogP contribution is -2.70. The van der Waals surface area contributed by atoms with Crippen molar-refractivity contribution in [3.63, 3.8) is 0 Å². The lowest BCUT2D eigenvalue weighted by Gasteiger charge is -2.43. The number of nitriles is 1. The van der Waals surface area contributed by atoms with E-state index in [1.165, 1.54) is 0 Å². The van der Waals surface area contributed by atoms with Crippen LogP contribution in [-0.4, -0.2) is 86.4 Å². The Morgan fingerprint density at radius 1 is 1.41 bits per heavy atom. The van der Waals surface area contributed by atoms with Crippen molar-refractivity contribution in [2.24, 2.45) is 5.92 Å². The van der Waals surface area contributed by atoms with Gasteiger partial charge in [-0.05, 0) is 26.3 Å². The summed E-state index contributed by atoms with van der Waals surface area (Å²) in [6.45, 7) is 2.62. The predicted molar refractivity (Wildman–Crippen MR) is 101 cm³/mol. The first kappa shape index (κ1) is 20.3. The van der Waals surface area contributed by atoms with Gasteiger partial charge in [-0.1, -0.05) is 0 Å². The van der Waals surface area contributed by atoms with Gasteiger partial charge < -0.3 is 26.0 Å². The summed E-state index contributed by atoms with van der Waals surface area (Å²) in [5.41, 5.74) is 0. The maximum atomic E-state index is 13.0. The molecule has 11 nitrogen and oxygen atoms in total. The van der Waals surface area contributed by atoms with Crippen LogP contribution in [0.15, 0.2) is 0 Å².